The highest BCUT2D eigenvalue weighted by atomic mass is 35.5. The summed E-state index contributed by atoms with van der Waals surface area (Å²) in [6, 6.07) is 13.2. The third-order valence-electron chi connectivity index (χ3n) is 7.77. The summed E-state index contributed by atoms with van der Waals surface area (Å²) in [7, 11) is 0. The van der Waals surface area contributed by atoms with Gasteiger partial charge in [-0.15, -0.1) is 10.2 Å². The highest BCUT2D eigenvalue weighted by Gasteiger charge is 2.49. The number of Topliss-reactive ketones (excluding diaryl/α,β-unsaturated/α-hetero) is 1. The Labute approximate surface area is 295 Å². The van der Waals surface area contributed by atoms with Crippen molar-refractivity contribution in [3.05, 3.63) is 98.4 Å². The summed E-state index contributed by atoms with van der Waals surface area (Å²) in [5.74, 6) is -0.647. The first-order valence-electron chi connectivity index (χ1n) is 15.2. The van der Waals surface area contributed by atoms with E-state index < -0.39 is 17.7 Å². The number of carbonyl (C=O) groups excluding carboxylic acids is 2. The maximum absolute atomic E-state index is 13.9. The summed E-state index contributed by atoms with van der Waals surface area (Å²) in [4.78, 5) is 33.8. The molecule has 1 amide bonds. The lowest BCUT2D eigenvalue weighted by molar-refractivity contribution is -0.132. The van der Waals surface area contributed by atoms with Gasteiger partial charge in [0.1, 0.15) is 11.3 Å². The Kier molecular flexibility index (Phi) is 9.98. The van der Waals surface area contributed by atoms with Crippen molar-refractivity contribution >= 4 is 74.5 Å². The number of aliphatic hydroxyl groups is 1. The van der Waals surface area contributed by atoms with Gasteiger partial charge in [-0.2, -0.15) is 0 Å². The smallest absolute Gasteiger partial charge is 0.301 e. The fraction of sp³-hybridized carbons (Fsp3) is 0.265. The molecular weight excluding hydrogens is 693 g/mol. The van der Waals surface area contributed by atoms with Crippen molar-refractivity contribution in [2.75, 3.05) is 18.1 Å². The van der Waals surface area contributed by atoms with Crippen molar-refractivity contribution in [1.82, 2.24) is 19.6 Å². The zero-order valence-corrected chi connectivity index (χ0v) is 29.6. The van der Waals surface area contributed by atoms with Crippen molar-refractivity contribution in [3.63, 3.8) is 0 Å². The van der Waals surface area contributed by atoms with Crippen LogP contribution in [0.3, 0.4) is 0 Å². The largest absolute Gasteiger partial charge is 0.505 e. The van der Waals surface area contributed by atoms with Crippen molar-refractivity contribution in [1.29, 1.82) is 0 Å². The first-order chi connectivity index (χ1) is 23.1. The topological polar surface area (TPSA) is 119 Å². The molecule has 1 aliphatic heterocycles. The highest BCUT2D eigenvalue weighted by molar-refractivity contribution is 8.00. The summed E-state index contributed by atoms with van der Waals surface area (Å²) < 4.78 is 14.2. The van der Waals surface area contributed by atoms with Crippen LogP contribution in [-0.4, -0.2) is 49.6 Å². The molecule has 5 aromatic rings. The maximum atomic E-state index is 13.9. The third kappa shape index (κ3) is 6.37. The summed E-state index contributed by atoms with van der Waals surface area (Å²) in [6.45, 7) is 8.41. The first-order valence-corrected chi connectivity index (χ1v) is 17.7. The Bertz CT molecular complexity index is 2080. The number of fused-ring (bicyclic) bond motifs is 1. The van der Waals surface area contributed by atoms with E-state index in [4.69, 9.17) is 32.7 Å². The summed E-state index contributed by atoms with van der Waals surface area (Å²) >= 11 is 15.0. The Morgan fingerprint density at radius 3 is 2.58 bits per heavy atom. The number of amides is 1. The van der Waals surface area contributed by atoms with E-state index in [0.717, 1.165) is 28.9 Å². The van der Waals surface area contributed by atoms with Crippen LogP contribution in [0.4, 0.5) is 5.13 Å². The van der Waals surface area contributed by atoms with Crippen LogP contribution in [-0.2, 0) is 15.3 Å². The lowest BCUT2D eigenvalue weighted by Gasteiger charge is -2.23. The molecule has 2 aromatic carbocycles. The molecule has 4 heterocycles. The zero-order valence-electron chi connectivity index (χ0n) is 26.5. The number of benzene rings is 2. The second-order valence-corrected chi connectivity index (χ2v) is 14.0. The molecule has 3 aromatic heterocycles. The van der Waals surface area contributed by atoms with Crippen LogP contribution in [0.5, 0.6) is 11.5 Å². The Hall–Kier alpha value is -4.10. The molecular formula is C34H31Cl2N5O5S2. The summed E-state index contributed by atoms with van der Waals surface area (Å²) in [5.41, 5.74) is 3.59. The van der Waals surface area contributed by atoms with Gasteiger partial charge >= 0.3 is 5.91 Å². The minimum Gasteiger partial charge on any atom is -0.505 e. The Morgan fingerprint density at radius 1 is 1.04 bits per heavy atom. The standard InChI is InChI=1S/C34H31Cl2N5O5S2/c1-5-14-46-24-12-10-20(15-25(24)45-6-2)28-26(29(42)27-19(4)40-13-7-8-18(3)31(40)37-27)30(43)32(44)41(28)33-38-39-34(48-33)47-17-21-9-11-22(35)16-23(21)36/h7-13,15-16,28,42H,5-6,14,17H2,1-4H3/b29-26+. The van der Waals surface area contributed by atoms with Gasteiger partial charge in [-0.1, -0.05) is 71.4 Å². The Balaban J connectivity index is 1.46. The SMILES string of the molecule is CCCOc1ccc(C2/C(=C(\O)c3nc4c(C)cccn4c3C)C(=O)C(=O)N2c2nnc(SCc3ccc(Cl)cc3Cl)s2)cc1OCC. The predicted molar refractivity (Wildman–Crippen MR) is 189 cm³/mol. The average Bonchev–Trinajstić information content (AvgIpc) is 3.75. The van der Waals surface area contributed by atoms with Gasteiger partial charge in [-0.3, -0.25) is 14.5 Å². The van der Waals surface area contributed by atoms with Crippen molar-refractivity contribution in [3.8, 4) is 11.5 Å². The number of hydrogen-bond donors (Lipinski definition) is 1. The van der Waals surface area contributed by atoms with E-state index in [9.17, 15) is 14.7 Å². The first kappa shape index (κ1) is 33.8. The van der Waals surface area contributed by atoms with Gasteiger partial charge in [0.15, 0.2) is 21.6 Å². The molecule has 248 valence electrons. The molecule has 0 saturated carbocycles. The lowest BCUT2D eigenvalue weighted by Crippen LogP contribution is -2.29. The maximum Gasteiger partial charge on any atom is 0.301 e. The number of imidazole rings is 1. The highest BCUT2D eigenvalue weighted by Crippen LogP contribution is 2.46. The van der Waals surface area contributed by atoms with Crippen LogP contribution >= 0.6 is 46.3 Å². The minimum atomic E-state index is -1.06. The van der Waals surface area contributed by atoms with E-state index in [1.54, 1.807) is 37.3 Å². The molecule has 10 nitrogen and oxygen atoms in total. The van der Waals surface area contributed by atoms with Crippen molar-refractivity contribution in [2.24, 2.45) is 0 Å². The van der Waals surface area contributed by atoms with Crippen LogP contribution in [0, 0.1) is 13.8 Å². The molecule has 6 rings (SSSR count). The normalized spacial score (nSPS) is 15.9. The van der Waals surface area contributed by atoms with Crippen LogP contribution in [0.15, 0.2) is 64.6 Å². The van der Waals surface area contributed by atoms with Gasteiger partial charge < -0.3 is 19.0 Å². The van der Waals surface area contributed by atoms with Gasteiger partial charge in [0, 0.05) is 22.0 Å². The van der Waals surface area contributed by atoms with Gasteiger partial charge in [-0.25, -0.2) is 4.98 Å². The number of aromatic nitrogens is 4. The van der Waals surface area contributed by atoms with Crippen LogP contribution in [0.1, 0.15) is 54.4 Å². The number of halogens is 2. The van der Waals surface area contributed by atoms with Gasteiger partial charge in [-0.05, 0) is 74.2 Å². The Morgan fingerprint density at radius 2 is 1.85 bits per heavy atom. The van der Waals surface area contributed by atoms with Crippen molar-refractivity contribution < 1.29 is 24.2 Å². The number of aryl methyl sites for hydroxylation is 2. The molecule has 1 aliphatic rings. The molecule has 1 saturated heterocycles. The van der Waals surface area contributed by atoms with E-state index in [1.165, 1.54) is 16.7 Å². The number of anilines is 1. The quantitative estimate of drug-likeness (QED) is 0.0473. The van der Waals surface area contributed by atoms with Crippen molar-refractivity contribution in [2.45, 2.75) is 50.3 Å². The van der Waals surface area contributed by atoms with Crippen LogP contribution in [0.2, 0.25) is 10.0 Å². The summed E-state index contributed by atoms with van der Waals surface area (Å²) in [6.07, 6.45) is 2.63. The molecule has 0 aliphatic carbocycles. The molecule has 0 bridgehead atoms. The summed E-state index contributed by atoms with van der Waals surface area (Å²) in [5, 5.41) is 21.8. The molecule has 48 heavy (non-hydrogen) atoms. The average molecular weight is 725 g/mol. The molecule has 1 N–H and O–H groups in total. The molecule has 0 radical (unpaired) electrons. The molecule has 1 fully saturated rings. The van der Waals surface area contributed by atoms with E-state index in [-0.39, 0.29) is 22.2 Å². The van der Waals surface area contributed by atoms with E-state index in [1.807, 2.05) is 49.6 Å². The van der Waals surface area contributed by atoms with E-state index >= 15 is 0 Å². The number of aliphatic hydroxyl groups excluding tert-OH is 1. The number of thioether (sulfide) groups is 1. The van der Waals surface area contributed by atoms with Crippen LogP contribution in [0.25, 0.3) is 11.4 Å². The van der Waals surface area contributed by atoms with Crippen LogP contribution < -0.4 is 14.4 Å². The molecule has 1 atom stereocenters. The van der Waals surface area contributed by atoms with Gasteiger partial charge in [0.2, 0.25) is 5.13 Å². The second kappa shape index (κ2) is 14.2. The number of hydrogen-bond acceptors (Lipinski definition) is 10. The zero-order chi connectivity index (χ0) is 34.1. The number of carbonyl (C=O) groups is 2. The second-order valence-electron chi connectivity index (χ2n) is 11.0. The molecule has 1 unspecified atom stereocenters. The number of pyridine rings is 1. The fourth-order valence-electron chi connectivity index (χ4n) is 5.45. The lowest BCUT2D eigenvalue weighted by atomic mass is 9.96. The molecule has 14 heteroatoms. The van der Waals surface area contributed by atoms with Gasteiger partial charge in [0.05, 0.1) is 30.5 Å². The number of ether oxygens (including phenoxy) is 2. The monoisotopic (exact) mass is 723 g/mol. The van der Waals surface area contributed by atoms with E-state index in [2.05, 4.69) is 15.2 Å². The predicted octanol–water partition coefficient (Wildman–Crippen LogP) is 8.22. The fourth-order valence-corrected chi connectivity index (χ4v) is 7.88. The number of ketones is 1. The van der Waals surface area contributed by atoms with Gasteiger partial charge in [0.25, 0.3) is 5.78 Å². The molecule has 0 spiro atoms. The van der Waals surface area contributed by atoms with E-state index in [0.29, 0.717) is 61.8 Å². The third-order valence-corrected chi connectivity index (χ3v) is 10.5. The number of rotatable bonds is 11. The number of nitrogens with zero attached hydrogens (tertiary/aromatic N) is 5. The minimum absolute atomic E-state index is 0.119.